The maximum atomic E-state index is 14.1. The van der Waals surface area contributed by atoms with Crippen molar-refractivity contribution in [3.8, 4) is 5.75 Å². The van der Waals surface area contributed by atoms with E-state index in [1.807, 2.05) is 32.0 Å². The zero-order valence-electron chi connectivity index (χ0n) is 18.8. The van der Waals surface area contributed by atoms with Crippen molar-refractivity contribution in [3.05, 3.63) is 82.6 Å². The molecule has 1 amide bonds. The summed E-state index contributed by atoms with van der Waals surface area (Å²) in [5.41, 5.74) is 7.17. The zero-order chi connectivity index (χ0) is 23.8. The minimum Gasteiger partial charge on any atom is -0.454 e. The molecular formula is C26H24N4O4. The Kier molecular flexibility index (Phi) is 4.21. The van der Waals surface area contributed by atoms with Gasteiger partial charge in [-0.25, -0.2) is 0 Å². The molecule has 0 saturated carbocycles. The summed E-state index contributed by atoms with van der Waals surface area (Å²) in [7, 11) is 0. The van der Waals surface area contributed by atoms with E-state index in [0.29, 0.717) is 28.6 Å². The van der Waals surface area contributed by atoms with E-state index in [0.717, 1.165) is 5.56 Å². The third kappa shape index (κ3) is 2.47. The molecule has 3 aliphatic rings. The number of ketones is 1. The fraction of sp³-hybridized carbons (Fsp3) is 0.269. The Hall–Kier alpha value is -3.75. The maximum absolute atomic E-state index is 14.1. The van der Waals surface area contributed by atoms with Crippen LogP contribution in [0.5, 0.6) is 5.75 Å². The van der Waals surface area contributed by atoms with Crippen molar-refractivity contribution >= 4 is 22.6 Å². The molecule has 1 aromatic heterocycles. The van der Waals surface area contributed by atoms with Gasteiger partial charge in [-0.3, -0.25) is 14.7 Å². The van der Waals surface area contributed by atoms with E-state index in [1.165, 1.54) is 0 Å². The van der Waals surface area contributed by atoms with E-state index in [4.69, 9.17) is 10.5 Å². The van der Waals surface area contributed by atoms with Crippen LogP contribution in [0.2, 0.25) is 0 Å². The van der Waals surface area contributed by atoms with E-state index < -0.39 is 29.1 Å². The molecule has 2 aromatic carbocycles. The van der Waals surface area contributed by atoms with Crippen LogP contribution in [0.3, 0.4) is 0 Å². The first-order valence-electron chi connectivity index (χ1n) is 11.3. The van der Waals surface area contributed by atoms with E-state index in [1.54, 1.807) is 36.4 Å². The molecule has 5 N–H and O–H groups in total. The lowest BCUT2D eigenvalue weighted by Crippen LogP contribution is -2.63. The number of carbonyl (C=O) groups is 2. The molecule has 172 valence electrons. The monoisotopic (exact) mass is 456 g/mol. The molecule has 2 heterocycles. The van der Waals surface area contributed by atoms with Crippen molar-refractivity contribution < 1.29 is 19.4 Å². The molecule has 8 heteroatoms. The summed E-state index contributed by atoms with van der Waals surface area (Å²) in [6.45, 7) is 4.09. The van der Waals surface area contributed by atoms with Gasteiger partial charge >= 0.3 is 0 Å². The number of hydrogen-bond donors (Lipinski definition) is 4. The van der Waals surface area contributed by atoms with Gasteiger partial charge in [-0.15, -0.1) is 0 Å². The van der Waals surface area contributed by atoms with Gasteiger partial charge in [0.05, 0.1) is 5.52 Å². The normalized spacial score (nSPS) is 27.1. The minimum atomic E-state index is -2.13. The SMILES string of the molecule is CC(C)c1ccc2c(c1)OC1(O)C3=C(C(=O)C21NC(=O)c1[nH]nc2ccccc12)C(N)CC=C3. The van der Waals surface area contributed by atoms with Gasteiger partial charge in [0.25, 0.3) is 11.7 Å². The molecular weight excluding hydrogens is 432 g/mol. The number of Topliss-reactive ketones (excluding diaryl/α,β-unsaturated/α-hetero) is 1. The van der Waals surface area contributed by atoms with Crippen LogP contribution in [0.15, 0.2) is 65.8 Å². The first-order valence-corrected chi connectivity index (χ1v) is 11.3. The van der Waals surface area contributed by atoms with Gasteiger partial charge in [0.15, 0.2) is 5.78 Å². The zero-order valence-corrected chi connectivity index (χ0v) is 18.8. The molecule has 2 aliphatic carbocycles. The highest BCUT2D eigenvalue weighted by molar-refractivity contribution is 6.15. The molecule has 0 fully saturated rings. The van der Waals surface area contributed by atoms with Crippen LogP contribution >= 0.6 is 0 Å². The molecule has 3 unspecified atom stereocenters. The number of nitrogens with zero attached hydrogens (tertiary/aromatic N) is 1. The van der Waals surface area contributed by atoms with Crippen LogP contribution in [0, 0.1) is 0 Å². The number of nitrogens with one attached hydrogen (secondary N) is 2. The molecule has 0 spiro atoms. The number of para-hydroxylation sites is 1. The van der Waals surface area contributed by atoms with Gasteiger partial charge in [-0.1, -0.05) is 56.3 Å². The predicted molar refractivity (Wildman–Crippen MR) is 125 cm³/mol. The topological polar surface area (TPSA) is 130 Å². The van der Waals surface area contributed by atoms with Gasteiger partial charge in [-0.2, -0.15) is 5.10 Å². The van der Waals surface area contributed by atoms with E-state index in [9.17, 15) is 14.7 Å². The largest absolute Gasteiger partial charge is 0.454 e. The molecule has 1 aliphatic heterocycles. The van der Waals surface area contributed by atoms with Crippen molar-refractivity contribution in [1.29, 1.82) is 0 Å². The van der Waals surface area contributed by atoms with Crippen molar-refractivity contribution in [2.45, 2.75) is 43.6 Å². The summed E-state index contributed by atoms with van der Waals surface area (Å²) >= 11 is 0. The number of aromatic amines is 1. The van der Waals surface area contributed by atoms with Crippen LogP contribution in [-0.2, 0) is 10.3 Å². The number of amides is 1. The minimum absolute atomic E-state index is 0.192. The maximum Gasteiger partial charge on any atom is 0.271 e. The molecule has 0 radical (unpaired) electrons. The Morgan fingerprint density at radius 2 is 2.09 bits per heavy atom. The quantitative estimate of drug-likeness (QED) is 0.479. The van der Waals surface area contributed by atoms with Crippen LogP contribution in [0.1, 0.15) is 47.8 Å². The van der Waals surface area contributed by atoms with Crippen molar-refractivity contribution in [2.24, 2.45) is 5.73 Å². The smallest absolute Gasteiger partial charge is 0.271 e. The fourth-order valence-corrected chi connectivity index (χ4v) is 5.35. The van der Waals surface area contributed by atoms with Gasteiger partial charge in [0.2, 0.25) is 5.54 Å². The standard InChI is InChI=1S/C26H24N4O4/c1-13(2)14-10-11-16-20(12-14)34-26(33)17-7-5-8-18(27)21(17)23(31)25(16,26)28-24(32)22-15-6-3-4-9-19(15)29-30-22/h3-7,9-13,18,33H,8,27H2,1-2H3,(H,28,32)(H,29,30). The number of ether oxygens (including phenoxy) is 1. The Bertz CT molecular complexity index is 1450. The van der Waals surface area contributed by atoms with Gasteiger partial charge in [-0.05, 0) is 30.0 Å². The van der Waals surface area contributed by atoms with Crippen LogP contribution in [0.4, 0.5) is 0 Å². The molecule has 0 saturated heterocycles. The van der Waals surface area contributed by atoms with Crippen LogP contribution in [0.25, 0.3) is 10.9 Å². The van der Waals surface area contributed by atoms with Crippen molar-refractivity contribution in [3.63, 3.8) is 0 Å². The number of aromatic nitrogens is 2. The molecule has 3 aromatic rings. The summed E-state index contributed by atoms with van der Waals surface area (Å²) in [6, 6.07) is 12.0. The van der Waals surface area contributed by atoms with E-state index in [-0.39, 0.29) is 22.8 Å². The number of hydrogen-bond acceptors (Lipinski definition) is 6. The summed E-state index contributed by atoms with van der Waals surface area (Å²) in [4.78, 5) is 27.7. The summed E-state index contributed by atoms with van der Waals surface area (Å²) in [5, 5.41) is 22.4. The van der Waals surface area contributed by atoms with Gasteiger partial charge in [0, 0.05) is 28.1 Å². The highest BCUT2D eigenvalue weighted by Crippen LogP contribution is 2.57. The molecule has 0 bridgehead atoms. The summed E-state index contributed by atoms with van der Waals surface area (Å²) in [5.74, 6) is -2.61. The van der Waals surface area contributed by atoms with Crippen LogP contribution < -0.4 is 15.8 Å². The Morgan fingerprint density at radius 3 is 2.88 bits per heavy atom. The van der Waals surface area contributed by atoms with E-state index >= 15 is 0 Å². The third-order valence-corrected chi connectivity index (χ3v) is 7.12. The van der Waals surface area contributed by atoms with Crippen molar-refractivity contribution in [1.82, 2.24) is 15.5 Å². The van der Waals surface area contributed by atoms with E-state index in [2.05, 4.69) is 15.5 Å². The molecule has 8 nitrogen and oxygen atoms in total. The fourth-order valence-electron chi connectivity index (χ4n) is 5.35. The summed E-state index contributed by atoms with van der Waals surface area (Å²) in [6.07, 6.45) is 3.93. The molecule has 34 heavy (non-hydrogen) atoms. The summed E-state index contributed by atoms with van der Waals surface area (Å²) < 4.78 is 6.14. The average molecular weight is 457 g/mol. The van der Waals surface area contributed by atoms with Crippen molar-refractivity contribution in [2.75, 3.05) is 0 Å². The lowest BCUT2D eigenvalue weighted by atomic mass is 9.81. The number of nitrogens with two attached hydrogens (primary N) is 1. The number of benzene rings is 2. The molecule has 6 rings (SSSR count). The second-order valence-electron chi connectivity index (χ2n) is 9.38. The Balaban J connectivity index is 1.54. The molecule has 3 atom stereocenters. The first kappa shape index (κ1) is 20.8. The Labute approximate surface area is 195 Å². The second kappa shape index (κ2) is 6.88. The highest BCUT2D eigenvalue weighted by Gasteiger charge is 2.72. The number of H-pyrrole nitrogens is 1. The highest BCUT2D eigenvalue weighted by atomic mass is 16.6. The number of carbonyl (C=O) groups excluding carboxylic acids is 2. The number of rotatable bonds is 3. The lowest BCUT2D eigenvalue weighted by molar-refractivity contribution is -0.154. The van der Waals surface area contributed by atoms with Gasteiger partial charge < -0.3 is 20.9 Å². The number of aliphatic hydroxyl groups is 1. The first-order chi connectivity index (χ1) is 16.3. The van der Waals surface area contributed by atoms with Crippen LogP contribution in [-0.4, -0.2) is 38.8 Å². The second-order valence-corrected chi connectivity index (χ2v) is 9.38. The lowest BCUT2D eigenvalue weighted by Gasteiger charge is -2.35. The average Bonchev–Trinajstić information content (AvgIpc) is 3.41. The van der Waals surface area contributed by atoms with Gasteiger partial charge in [0.1, 0.15) is 11.4 Å². The Morgan fingerprint density at radius 1 is 1.29 bits per heavy atom. The predicted octanol–water partition coefficient (Wildman–Crippen LogP) is 2.56. The third-order valence-electron chi connectivity index (χ3n) is 7.12. The number of fused-ring (bicyclic) bond motifs is 5.